The molecule has 0 saturated carbocycles. The van der Waals surface area contributed by atoms with Crippen molar-refractivity contribution in [1.29, 1.82) is 0 Å². The van der Waals surface area contributed by atoms with Gasteiger partial charge in [-0.2, -0.15) is 4.31 Å². The summed E-state index contributed by atoms with van der Waals surface area (Å²) in [6.07, 6.45) is 3.78. The summed E-state index contributed by atoms with van der Waals surface area (Å²) < 4.78 is 27.4. The van der Waals surface area contributed by atoms with Gasteiger partial charge in [-0.05, 0) is 62.3 Å². The number of pyridine rings is 1. The zero-order chi connectivity index (χ0) is 23.6. The van der Waals surface area contributed by atoms with E-state index in [1.165, 1.54) is 28.9 Å². The minimum atomic E-state index is -3.62. The molecule has 2 fully saturated rings. The van der Waals surface area contributed by atoms with Crippen LogP contribution in [0.25, 0.3) is 10.9 Å². The third-order valence-electron chi connectivity index (χ3n) is 6.64. The average Bonchev–Trinajstić information content (AvgIpc) is 3.31. The molecule has 2 saturated heterocycles. The highest BCUT2D eigenvalue weighted by Crippen LogP contribution is 2.25. The van der Waals surface area contributed by atoms with Crippen molar-refractivity contribution in [3.63, 3.8) is 0 Å². The van der Waals surface area contributed by atoms with Gasteiger partial charge in [-0.3, -0.25) is 9.59 Å². The molecule has 0 bridgehead atoms. The van der Waals surface area contributed by atoms with Gasteiger partial charge in [-0.15, -0.1) is 0 Å². The fourth-order valence-electron chi connectivity index (χ4n) is 5.23. The van der Waals surface area contributed by atoms with Gasteiger partial charge in [0.2, 0.25) is 15.6 Å². The Morgan fingerprint density at radius 3 is 2.52 bits per heavy atom. The molecule has 2 atom stereocenters. The summed E-state index contributed by atoms with van der Waals surface area (Å²) in [7, 11) is -3.62. The smallest absolute Gasteiger partial charge is 0.252 e. The van der Waals surface area contributed by atoms with Gasteiger partial charge < -0.3 is 15.2 Å². The highest BCUT2D eigenvalue weighted by Gasteiger charge is 2.28. The van der Waals surface area contributed by atoms with Crippen molar-refractivity contribution in [1.82, 2.24) is 19.5 Å². The van der Waals surface area contributed by atoms with Crippen molar-refractivity contribution in [2.24, 2.45) is 11.8 Å². The number of piperidine rings is 1. The standard InChI is InChI=1S/C24H34N4O4S/c1-17-12-18(2)16-27(15-17)9-5-8-25-24(30)21-14-23(29)26-22-7-6-19(13-20(21)22)33(31,32)28-10-3-4-11-28/h6-7,13-14,17-18H,3-5,8-12,15-16H2,1-2H3,(H,25,30)(H,26,29)/t17-,18-/m0/s1. The maximum atomic E-state index is 13.0. The zero-order valence-electron chi connectivity index (χ0n) is 19.5. The molecule has 0 aliphatic carbocycles. The predicted octanol–water partition coefficient (Wildman–Crippen LogP) is 2.41. The maximum Gasteiger partial charge on any atom is 0.252 e. The number of hydrogen-bond acceptors (Lipinski definition) is 5. The van der Waals surface area contributed by atoms with E-state index < -0.39 is 10.0 Å². The van der Waals surface area contributed by atoms with Crippen LogP contribution in [0.2, 0.25) is 0 Å². The molecule has 33 heavy (non-hydrogen) atoms. The van der Waals surface area contributed by atoms with E-state index in [4.69, 9.17) is 0 Å². The first-order chi connectivity index (χ1) is 15.7. The molecule has 1 aromatic heterocycles. The Labute approximate surface area is 195 Å². The molecular weight excluding hydrogens is 440 g/mol. The number of carbonyl (C=O) groups is 1. The minimum Gasteiger partial charge on any atom is -0.352 e. The van der Waals surface area contributed by atoms with Gasteiger partial charge in [0.15, 0.2) is 0 Å². The van der Waals surface area contributed by atoms with E-state index in [0.717, 1.165) is 38.9 Å². The number of amides is 1. The molecule has 0 spiro atoms. The normalized spacial score (nSPS) is 22.6. The number of benzene rings is 1. The number of likely N-dealkylation sites (tertiary alicyclic amines) is 1. The number of nitrogens with one attached hydrogen (secondary N) is 2. The van der Waals surface area contributed by atoms with Crippen LogP contribution in [0.5, 0.6) is 0 Å². The van der Waals surface area contributed by atoms with E-state index in [1.54, 1.807) is 6.07 Å². The quantitative estimate of drug-likeness (QED) is 0.600. The number of H-pyrrole nitrogens is 1. The highest BCUT2D eigenvalue weighted by molar-refractivity contribution is 7.89. The van der Waals surface area contributed by atoms with Crippen molar-refractivity contribution in [2.45, 2.75) is 44.4 Å². The number of rotatable bonds is 7. The summed E-state index contributed by atoms with van der Waals surface area (Å²) in [5.41, 5.74) is 0.260. The first kappa shape index (κ1) is 23.9. The Balaban J connectivity index is 1.48. The van der Waals surface area contributed by atoms with Crippen molar-refractivity contribution >= 4 is 26.8 Å². The predicted molar refractivity (Wildman–Crippen MR) is 129 cm³/mol. The van der Waals surface area contributed by atoms with Crippen LogP contribution in [0, 0.1) is 11.8 Å². The van der Waals surface area contributed by atoms with Crippen LogP contribution in [-0.4, -0.2) is 67.8 Å². The lowest BCUT2D eigenvalue weighted by atomic mass is 9.92. The Kier molecular flexibility index (Phi) is 7.21. The van der Waals surface area contributed by atoms with Crippen LogP contribution >= 0.6 is 0 Å². The lowest BCUT2D eigenvalue weighted by molar-refractivity contribution is 0.0948. The fourth-order valence-corrected chi connectivity index (χ4v) is 6.78. The average molecular weight is 475 g/mol. The van der Waals surface area contributed by atoms with Gasteiger partial charge in [-0.25, -0.2) is 8.42 Å². The molecule has 2 aliphatic rings. The third kappa shape index (κ3) is 5.47. The second kappa shape index (κ2) is 9.95. The Hall–Kier alpha value is -2.23. The topological polar surface area (TPSA) is 103 Å². The lowest BCUT2D eigenvalue weighted by Crippen LogP contribution is -2.40. The Morgan fingerprint density at radius 1 is 1.12 bits per heavy atom. The Morgan fingerprint density at radius 2 is 1.82 bits per heavy atom. The summed E-state index contributed by atoms with van der Waals surface area (Å²) in [6, 6.07) is 5.81. The van der Waals surface area contributed by atoms with E-state index in [0.29, 0.717) is 42.4 Å². The van der Waals surface area contributed by atoms with Crippen LogP contribution in [0.3, 0.4) is 0 Å². The van der Waals surface area contributed by atoms with Gasteiger partial charge >= 0.3 is 0 Å². The number of hydrogen-bond donors (Lipinski definition) is 2. The molecule has 2 aromatic rings. The summed E-state index contributed by atoms with van der Waals surface area (Å²) in [6.45, 7) is 9.17. The molecule has 2 aliphatic heterocycles. The van der Waals surface area contributed by atoms with Crippen molar-refractivity contribution in [2.75, 3.05) is 39.3 Å². The molecule has 9 heteroatoms. The first-order valence-electron chi connectivity index (χ1n) is 11.9. The van der Waals surface area contributed by atoms with Crippen molar-refractivity contribution < 1.29 is 13.2 Å². The molecular formula is C24H34N4O4S. The van der Waals surface area contributed by atoms with E-state index in [1.807, 2.05) is 0 Å². The van der Waals surface area contributed by atoms with E-state index in [2.05, 4.69) is 29.0 Å². The van der Waals surface area contributed by atoms with Gasteiger partial charge in [-0.1, -0.05) is 13.8 Å². The molecule has 1 aromatic carbocycles. The summed E-state index contributed by atoms with van der Waals surface area (Å²) in [5.74, 6) is 1.02. The van der Waals surface area contributed by atoms with Crippen LogP contribution < -0.4 is 10.9 Å². The van der Waals surface area contributed by atoms with Gasteiger partial charge in [0.25, 0.3) is 5.91 Å². The monoisotopic (exact) mass is 474 g/mol. The molecule has 1 amide bonds. The Bertz CT molecular complexity index is 1160. The number of nitrogens with zero attached hydrogens (tertiary/aromatic N) is 2. The highest BCUT2D eigenvalue weighted by atomic mass is 32.2. The van der Waals surface area contributed by atoms with Crippen LogP contribution in [0.15, 0.2) is 34.0 Å². The number of aromatic nitrogens is 1. The zero-order valence-corrected chi connectivity index (χ0v) is 20.3. The van der Waals surface area contributed by atoms with Crippen LogP contribution in [0.1, 0.15) is 49.9 Å². The van der Waals surface area contributed by atoms with Gasteiger partial charge in [0, 0.05) is 49.7 Å². The molecule has 0 radical (unpaired) electrons. The van der Waals surface area contributed by atoms with E-state index in [9.17, 15) is 18.0 Å². The summed E-state index contributed by atoms with van der Waals surface area (Å²) in [4.78, 5) is 30.4. The van der Waals surface area contributed by atoms with E-state index in [-0.39, 0.29) is 21.9 Å². The second-order valence-electron chi connectivity index (χ2n) is 9.68. The molecule has 3 heterocycles. The number of carbonyl (C=O) groups excluding carboxylic acids is 1. The molecule has 180 valence electrons. The van der Waals surface area contributed by atoms with Gasteiger partial charge in [0.1, 0.15) is 0 Å². The van der Waals surface area contributed by atoms with Gasteiger partial charge in [0.05, 0.1) is 10.5 Å². The van der Waals surface area contributed by atoms with Crippen molar-refractivity contribution in [3.8, 4) is 0 Å². The second-order valence-corrected chi connectivity index (χ2v) is 11.6. The fraction of sp³-hybridized carbons (Fsp3) is 0.583. The van der Waals surface area contributed by atoms with Crippen LogP contribution in [-0.2, 0) is 10.0 Å². The number of aromatic amines is 1. The van der Waals surface area contributed by atoms with E-state index >= 15 is 0 Å². The van der Waals surface area contributed by atoms with Crippen molar-refractivity contribution in [3.05, 3.63) is 40.2 Å². The minimum absolute atomic E-state index is 0.145. The number of fused-ring (bicyclic) bond motifs is 1. The number of sulfonamides is 1. The molecule has 4 rings (SSSR count). The first-order valence-corrected chi connectivity index (χ1v) is 13.4. The molecule has 2 N–H and O–H groups in total. The third-order valence-corrected chi connectivity index (χ3v) is 8.54. The summed E-state index contributed by atoms with van der Waals surface area (Å²) in [5, 5.41) is 3.35. The van der Waals surface area contributed by atoms with Crippen LogP contribution in [0.4, 0.5) is 0 Å². The maximum absolute atomic E-state index is 13.0. The SMILES string of the molecule is C[C@H]1C[C@H](C)CN(CCCNC(=O)c2cc(=O)[nH]c3ccc(S(=O)(=O)N4CCCC4)cc23)C1. The largest absolute Gasteiger partial charge is 0.352 e. The molecule has 0 unspecified atom stereocenters. The summed E-state index contributed by atoms with van der Waals surface area (Å²) >= 11 is 0. The lowest BCUT2D eigenvalue weighted by Gasteiger charge is -2.34. The molecule has 8 nitrogen and oxygen atoms in total.